The van der Waals surface area contributed by atoms with Gasteiger partial charge < -0.3 is 0 Å². The van der Waals surface area contributed by atoms with Gasteiger partial charge in [-0.2, -0.15) is 0 Å². The number of allylic oxidation sites excluding steroid dienone is 1. The van der Waals surface area contributed by atoms with Crippen molar-refractivity contribution in [2.75, 3.05) is 5.75 Å². The van der Waals surface area contributed by atoms with Gasteiger partial charge in [-0.25, -0.2) is 8.42 Å². The van der Waals surface area contributed by atoms with Gasteiger partial charge in [0.1, 0.15) is 4.91 Å². The van der Waals surface area contributed by atoms with Crippen molar-refractivity contribution in [3.8, 4) is 0 Å². The van der Waals surface area contributed by atoms with Crippen LogP contribution in [0.2, 0.25) is 0 Å². The first-order valence-corrected chi connectivity index (χ1v) is 9.04. The number of carbonyl (C=O) groups excluding carboxylic acids is 1. The van der Waals surface area contributed by atoms with Crippen molar-refractivity contribution in [2.45, 2.75) is 13.3 Å². The van der Waals surface area contributed by atoms with E-state index in [9.17, 15) is 23.3 Å². The number of nitrogens with zero attached hydrogens (tertiary/aromatic N) is 2. The molecule has 8 heteroatoms. The molecule has 0 fully saturated rings. The molecule has 0 saturated heterocycles. The Hall–Kier alpha value is -2.87. The van der Waals surface area contributed by atoms with Crippen LogP contribution in [-0.2, 0) is 21.1 Å². The van der Waals surface area contributed by atoms with E-state index in [1.54, 1.807) is 24.4 Å². The second-order valence-corrected chi connectivity index (χ2v) is 7.38. The second kappa shape index (κ2) is 7.80. The molecule has 0 unspecified atom stereocenters. The molecule has 0 saturated carbocycles. The maximum absolute atomic E-state index is 12.5. The van der Waals surface area contributed by atoms with Crippen LogP contribution in [0.3, 0.4) is 0 Å². The van der Waals surface area contributed by atoms with Gasteiger partial charge in [-0.15, -0.1) is 0 Å². The van der Waals surface area contributed by atoms with Gasteiger partial charge in [0.05, 0.1) is 10.7 Å². The molecule has 7 nitrogen and oxygen atoms in total. The largest absolute Gasteiger partial charge is 0.294 e. The topological polar surface area (TPSA) is 107 Å². The number of aryl methyl sites for hydroxylation is 1. The van der Waals surface area contributed by atoms with Crippen molar-refractivity contribution in [1.82, 2.24) is 4.98 Å². The Morgan fingerprint density at radius 1 is 1.24 bits per heavy atom. The zero-order valence-corrected chi connectivity index (χ0v) is 14.3. The number of ketones is 1. The molecule has 0 aliphatic heterocycles. The Morgan fingerprint density at radius 3 is 2.60 bits per heavy atom. The lowest BCUT2D eigenvalue weighted by atomic mass is 10.2. The van der Waals surface area contributed by atoms with Crippen LogP contribution >= 0.6 is 0 Å². The molecule has 2 rings (SSSR count). The molecule has 0 aliphatic carbocycles. The summed E-state index contributed by atoms with van der Waals surface area (Å²) in [6.45, 7) is 1.15. The van der Waals surface area contributed by atoms with Crippen LogP contribution in [0.1, 0.15) is 18.2 Å². The lowest BCUT2D eigenvalue weighted by molar-refractivity contribution is -0.384. The predicted octanol–water partition coefficient (Wildman–Crippen LogP) is 2.58. The lowest BCUT2D eigenvalue weighted by Gasteiger charge is -2.07. The smallest absolute Gasteiger partial charge is 0.270 e. The number of sulfone groups is 1. The number of benzene rings is 1. The number of non-ortho nitro benzene ring substituents is 1. The number of hydrogen-bond donors (Lipinski definition) is 0. The van der Waals surface area contributed by atoms with E-state index in [4.69, 9.17) is 0 Å². The average molecular weight is 360 g/mol. The fourth-order valence-corrected chi connectivity index (χ4v) is 3.64. The fraction of sp³-hybridized carbons (Fsp3) is 0.176. The van der Waals surface area contributed by atoms with Gasteiger partial charge in [0.15, 0.2) is 15.6 Å². The first-order chi connectivity index (χ1) is 11.8. The number of hydrogen-bond acceptors (Lipinski definition) is 6. The Labute approximate surface area is 145 Å². The number of carbonyl (C=O) groups is 1. The van der Waals surface area contributed by atoms with Crippen molar-refractivity contribution >= 4 is 27.4 Å². The van der Waals surface area contributed by atoms with E-state index in [-0.39, 0.29) is 28.3 Å². The first-order valence-electron chi connectivity index (χ1n) is 7.39. The van der Waals surface area contributed by atoms with Crippen LogP contribution in [-0.4, -0.2) is 29.9 Å². The van der Waals surface area contributed by atoms with Crippen LogP contribution < -0.4 is 0 Å². The highest BCUT2D eigenvalue weighted by atomic mass is 32.2. The molecule has 1 aromatic carbocycles. The molecule has 2 aromatic rings. The maximum Gasteiger partial charge on any atom is 0.270 e. The van der Waals surface area contributed by atoms with Crippen molar-refractivity contribution in [2.24, 2.45) is 0 Å². The van der Waals surface area contributed by atoms with Gasteiger partial charge in [0.25, 0.3) is 5.69 Å². The van der Waals surface area contributed by atoms with Gasteiger partial charge in [-0.3, -0.25) is 19.9 Å². The standard InChI is InChI=1S/C17H16N2O5S/c1-13(20)17(12-14-5-4-7-16(11-14)19(21)22)25(23,24)10-8-15-6-2-3-9-18-15/h2-7,9,11-12H,8,10H2,1H3. The minimum Gasteiger partial charge on any atom is -0.294 e. The Kier molecular flexibility index (Phi) is 5.76. The number of nitro benzene ring substituents is 1. The predicted molar refractivity (Wildman–Crippen MR) is 93.5 cm³/mol. The van der Waals surface area contributed by atoms with Gasteiger partial charge in [0, 0.05) is 30.4 Å². The molecule has 0 atom stereocenters. The van der Waals surface area contributed by atoms with Gasteiger partial charge >= 0.3 is 0 Å². The normalized spacial score (nSPS) is 12.0. The van der Waals surface area contributed by atoms with Crippen LogP contribution in [0.4, 0.5) is 5.69 Å². The molecule has 130 valence electrons. The molecule has 25 heavy (non-hydrogen) atoms. The van der Waals surface area contributed by atoms with E-state index < -0.39 is 20.5 Å². The molecule has 1 aromatic heterocycles. The summed E-state index contributed by atoms with van der Waals surface area (Å²) in [5.41, 5.74) is 0.702. The third kappa shape index (κ3) is 5.05. The van der Waals surface area contributed by atoms with Crippen molar-refractivity contribution in [1.29, 1.82) is 0 Å². The van der Waals surface area contributed by atoms with Crippen LogP contribution in [0.5, 0.6) is 0 Å². The Bertz CT molecular complexity index is 921. The highest BCUT2D eigenvalue weighted by Crippen LogP contribution is 2.19. The van der Waals surface area contributed by atoms with E-state index in [0.29, 0.717) is 5.69 Å². The molecular formula is C17H16N2O5S. The third-order valence-electron chi connectivity index (χ3n) is 3.41. The summed E-state index contributed by atoms with van der Waals surface area (Å²) in [4.78, 5) is 25.8. The molecule has 0 aliphatic rings. The molecule has 0 spiro atoms. The summed E-state index contributed by atoms with van der Waals surface area (Å²) < 4.78 is 25.0. The minimum absolute atomic E-state index is 0.169. The second-order valence-electron chi connectivity index (χ2n) is 5.31. The first kappa shape index (κ1) is 18.5. The van der Waals surface area contributed by atoms with Crippen LogP contribution in [0, 0.1) is 10.1 Å². The zero-order chi connectivity index (χ0) is 18.4. The van der Waals surface area contributed by atoms with E-state index >= 15 is 0 Å². The summed E-state index contributed by atoms with van der Waals surface area (Å²) >= 11 is 0. The van der Waals surface area contributed by atoms with E-state index in [1.807, 2.05) is 0 Å². The SMILES string of the molecule is CC(=O)C(=Cc1cccc([N+](=O)[O-])c1)S(=O)(=O)CCc1ccccn1. The van der Waals surface area contributed by atoms with E-state index in [0.717, 1.165) is 6.92 Å². The van der Waals surface area contributed by atoms with Crippen LogP contribution in [0.15, 0.2) is 53.6 Å². The molecule has 1 heterocycles. The van der Waals surface area contributed by atoms with E-state index in [2.05, 4.69) is 4.98 Å². The summed E-state index contributed by atoms with van der Waals surface area (Å²) in [6.07, 6.45) is 2.90. The Morgan fingerprint density at radius 2 is 2.00 bits per heavy atom. The monoisotopic (exact) mass is 360 g/mol. The summed E-state index contributed by atoms with van der Waals surface area (Å²) in [7, 11) is -3.85. The number of rotatable bonds is 7. The molecular weight excluding hydrogens is 344 g/mol. The van der Waals surface area contributed by atoms with Crippen molar-refractivity contribution < 1.29 is 18.1 Å². The van der Waals surface area contributed by atoms with Crippen molar-refractivity contribution in [3.05, 3.63) is 74.9 Å². The highest BCUT2D eigenvalue weighted by molar-refractivity contribution is 7.96. The lowest BCUT2D eigenvalue weighted by Crippen LogP contribution is -2.16. The number of Topliss-reactive ketones (excluding diaryl/α,β-unsaturated/α-hetero) is 1. The van der Waals surface area contributed by atoms with Gasteiger partial charge in [0.2, 0.25) is 0 Å². The zero-order valence-electron chi connectivity index (χ0n) is 13.5. The van der Waals surface area contributed by atoms with Crippen molar-refractivity contribution in [3.63, 3.8) is 0 Å². The summed E-state index contributed by atoms with van der Waals surface area (Å²) in [5, 5.41) is 10.8. The molecule has 0 N–H and O–H groups in total. The maximum atomic E-state index is 12.5. The van der Waals surface area contributed by atoms with Crippen LogP contribution in [0.25, 0.3) is 6.08 Å². The third-order valence-corrected chi connectivity index (χ3v) is 5.23. The van der Waals surface area contributed by atoms with E-state index in [1.165, 1.54) is 30.3 Å². The summed E-state index contributed by atoms with van der Waals surface area (Å²) in [6, 6.07) is 10.6. The Balaban J connectivity index is 2.31. The minimum atomic E-state index is -3.85. The van der Waals surface area contributed by atoms with Gasteiger partial charge in [-0.05, 0) is 30.7 Å². The number of aromatic nitrogens is 1. The summed E-state index contributed by atoms with van der Waals surface area (Å²) in [5.74, 6) is -0.891. The quantitative estimate of drug-likeness (QED) is 0.427. The molecule has 0 bridgehead atoms. The number of nitro groups is 1. The highest BCUT2D eigenvalue weighted by Gasteiger charge is 2.22. The molecule has 0 radical (unpaired) electrons. The average Bonchev–Trinajstić information content (AvgIpc) is 2.59. The fourth-order valence-electron chi connectivity index (χ4n) is 2.18. The van der Waals surface area contributed by atoms with Gasteiger partial charge in [-0.1, -0.05) is 18.2 Å². The molecule has 0 amide bonds. The number of pyridine rings is 1.